The second-order valence-electron chi connectivity index (χ2n) is 6.96. The lowest BCUT2D eigenvalue weighted by Gasteiger charge is -2.35. The first-order chi connectivity index (χ1) is 12.8. The maximum Gasteiger partial charge on any atom is 0.416 e. The van der Waals surface area contributed by atoms with Gasteiger partial charge in [0.15, 0.2) is 0 Å². The first-order valence-corrected chi connectivity index (χ1v) is 8.84. The number of nitrogens with zero attached hydrogens (tertiary/aromatic N) is 1. The molecule has 2 aromatic carbocycles. The summed E-state index contributed by atoms with van der Waals surface area (Å²) in [5, 5.41) is 1.54. The summed E-state index contributed by atoms with van der Waals surface area (Å²) < 4.78 is 38.0. The van der Waals surface area contributed by atoms with Crippen molar-refractivity contribution in [2.45, 2.75) is 32.5 Å². The molecule has 9 heteroatoms. The number of hydrazine groups is 1. The zero-order valence-corrected chi connectivity index (χ0v) is 16.7. The van der Waals surface area contributed by atoms with Crippen LogP contribution in [0.4, 0.5) is 13.2 Å². The largest absolute Gasteiger partial charge is 0.416 e. The summed E-state index contributed by atoms with van der Waals surface area (Å²) in [6.07, 6.45) is -4.50. The molecular weight excluding hydrogens is 416 g/mol. The predicted molar refractivity (Wildman–Crippen MR) is 101 cm³/mol. The Morgan fingerprint density at radius 3 is 1.89 bits per heavy atom. The van der Waals surface area contributed by atoms with Crippen LogP contribution >= 0.6 is 23.2 Å². The fourth-order valence-corrected chi connectivity index (χ4v) is 2.56. The van der Waals surface area contributed by atoms with Gasteiger partial charge in [-0.1, -0.05) is 23.2 Å². The van der Waals surface area contributed by atoms with E-state index in [0.29, 0.717) is 0 Å². The summed E-state index contributed by atoms with van der Waals surface area (Å²) >= 11 is 11.8. The number of rotatable bonds is 2. The highest BCUT2D eigenvalue weighted by Gasteiger charge is 2.32. The topological polar surface area (TPSA) is 49.4 Å². The third-order valence-corrected chi connectivity index (χ3v) is 4.47. The lowest BCUT2D eigenvalue weighted by atomic mass is 10.1. The molecule has 150 valence electrons. The first-order valence-electron chi connectivity index (χ1n) is 8.08. The Hall–Kier alpha value is -2.25. The summed E-state index contributed by atoms with van der Waals surface area (Å²) in [6.45, 7) is 5.07. The molecule has 0 unspecified atom stereocenters. The van der Waals surface area contributed by atoms with E-state index in [1.165, 1.54) is 18.2 Å². The molecule has 2 amide bonds. The highest BCUT2D eigenvalue weighted by atomic mass is 35.5. The van der Waals surface area contributed by atoms with Gasteiger partial charge in [-0.3, -0.25) is 15.0 Å². The van der Waals surface area contributed by atoms with Crippen LogP contribution in [0.2, 0.25) is 10.0 Å². The molecule has 0 aliphatic rings. The van der Waals surface area contributed by atoms with Gasteiger partial charge >= 0.3 is 6.18 Å². The highest BCUT2D eigenvalue weighted by Crippen LogP contribution is 2.29. The van der Waals surface area contributed by atoms with E-state index in [9.17, 15) is 22.8 Å². The molecule has 0 radical (unpaired) electrons. The number of halogens is 5. The number of amides is 2. The molecule has 2 aromatic rings. The lowest BCUT2D eigenvalue weighted by Crippen LogP contribution is -2.55. The van der Waals surface area contributed by atoms with Crippen molar-refractivity contribution in [3.05, 3.63) is 69.2 Å². The van der Waals surface area contributed by atoms with Gasteiger partial charge in [-0.15, -0.1) is 0 Å². The van der Waals surface area contributed by atoms with E-state index >= 15 is 0 Å². The van der Waals surface area contributed by atoms with Crippen LogP contribution in [-0.2, 0) is 6.18 Å². The molecule has 0 aliphatic carbocycles. The van der Waals surface area contributed by atoms with Crippen molar-refractivity contribution in [2.24, 2.45) is 0 Å². The van der Waals surface area contributed by atoms with E-state index in [1.54, 1.807) is 20.8 Å². The van der Waals surface area contributed by atoms with Crippen molar-refractivity contribution >= 4 is 35.0 Å². The number of nitrogens with one attached hydrogen (secondary N) is 1. The summed E-state index contributed by atoms with van der Waals surface area (Å²) in [6, 6.07) is 7.98. The molecule has 0 aliphatic heterocycles. The molecular formula is C19H17Cl2F3N2O2. The van der Waals surface area contributed by atoms with E-state index in [0.717, 1.165) is 29.3 Å². The Morgan fingerprint density at radius 1 is 0.893 bits per heavy atom. The van der Waals surface area contributed by atoms with E-state index < -0.39 is 29.1 Å². The molecule has 0 saturated carbocycles. The number of hydrogen-bond donors (Lipinski definition) is 1. The molecule has 0 aromatic heterocycles. The van der Waals surface area contributed by atoms with Crippen LogP contribution in [0.3, 0.4) is 0 Å². The van der Waals surface area contributed by atoms with Crippen LogP contribution in [0.15, 0.2) is 42.5 Å². The number of benzene rings is 2. The van der Waals surface area contributed by atoms with Crippen LogP contribution < -0.4 is 5.43 Å². The van der Waals surface area contributed by atoms with Crippen molar-refractivity contribution in [3.63, 3.8) is 0 Å². The Balaban J connectivity index is 2.28. The van der Waals surface area contributed by atoms with Gasteiger partial charge in [0.2, 0.25) is 0 Å². The standard InChI is InChI=1S/C19H17Cl2F3N2O2/c1-18(2,3)26(17(28)12-6-9-14(20)15(21)10-12)25-16(27)11-4-7-13(8-5-11)19(22,23)24/h4-10H,1-3H3,(H,25,27). The predicted octanol–water partition coefficient (Wildman–Crippen LogP) is 5.60. The highest BCUT2D eigenvalue weighted by molar-refractivity contribution is 6.42. The average Bonchev–Trinajstić information content (AvgIpc) is 2.59. The Morgan fingerprint density at radius 2 is 1.43 bits per heavy atom. The van der Waals surface area contributed by atoms with E-state index in [-0.39, 0.29) is 21.2 Å². The van der Waals surface area contributed by atoms with Crippen LogP contribution in [-0.4, -0.2) is 22.4 Å². The van der Waals surface area contributed by atoms with Gasteiger partial charge in [0.1, 0.15) is 0 Å². The van der Waals surface area contributed by atoms with E-state index in [2.05, 4.69) is 5.43 Å². The average molecular weight is 433 g/mol. The minimum absolute atomic E-state index is 0.0239. The minimum atomic E-state index is -4.50. The van der Waals surface area contributed by atoms with Gasteiger partial charge in [-0.25, -0.2) is 5.01 Å². The van der Waals surface area contributed by atoms with Gasteiger partial charge in [0, 0.05) is 11.1 Å². The van der Waals surface area contributed by atoms with E-state index in [4.69, 9.17) is 23.2 Å². The Kier molecular flexibility index (Phi) is 6.31. The molecule has 0 atom stereocenters. The van der Waals surface area contributed by atoms with Crippen molar-refractivity contribution in [2.75, 3.05) is 0 Å². The number of carbonyl (C=O) groups is 2. The summed E-state index contributed by atoms with van der Waals surface area (Å²) in [4.78, 5) is 25.4. The zero-order valence-electron chi connectivity index (χ0n) is 15.2. The first kappa shape index (κ1) is 22.0. The number of carbonyl (C=O) groups excluding carboxylic acids is 2. The molecule has 0 heterocycles. The number of alkyl halides is 3. The molecule has 0 saturated heterocycles. The Labute approximate surface area is 170 Å². The van der Waals surface area contributed by atoms with Gasteiger partial charge < -0.3 is 0 Å². The number of hydrogen-bond acceptors (Lipinski definition) is 2. The maximum atomic E-state index is 12.9. The molecule has 0 spiro atoms. The molecule has 2 rings (SSSR count). The second-order valence-corrected chi connectivity index (χ2v) is 7.77. The van der Waals surface area contributed by atoms with Crippen molar-refractivity contribution in [1.29, 1.82) is 0 Å². The van der Waals surface area contributed by atoms with Crippen LogP contribution in [0, 0.1) is 0 Å². The fourth-order valence-electron chi connectivity index (χ4n) is 2.26. The van der Waals surface area contributed by atoms with Gasteiger partial charge in [0.25, 0.3) is 11.8 Å². The zero-order chi connectivity index (χ0) is 21.3. The monoisotopic (exact) mass is 432 g/mol. The van der Waals surface area contributed by atoms with E-state index in [1.807, 2.05) is 0 Å². The van der Waals surface area contributed by atoms with Crippen molar-refractivity contribution < 1.29 is 22.8 Å². The third-order valence-electron chi connectivity index (χ3n) is 3.73. The fraction of sp³-hybridized carbons (Fsp3) is 0.263. The summed E-state index contributed by atoms with van der Waals surface area (Å²) in [5.74, 6) is -1.27. The quantitative estimate of drug-likeness (QED) is 0.627. The maximum absolute atomic E-state index is 12.9. The van der Waals surface area contributed by atoms with Crippen LogP contribution in [0.5, 0.6) is 0 Å². The van der Waals surface area contributed by atoms with Gasteiger partial charge in [0.05, 0.1) is 21.1 Å². The molecule has 0 bridgehead atoms. The minimum Gasteiger partial charge on any atom is -0.267 e. The van der Waals surface area contributed by atoms with Crippen LogP contribution in [0.25, 0.3) is 0 Å². The van der Waals surface area contributed by atoms with Gasteiger partial charge in [-0.2, -0.15) is 13.2 Å². The van der Waals surface area contributed by atoms with Crippen LogP contribution in [0.1, 0.15) is 47.1 Å². The molecule has 4 nitrogen and oxygen atoms in total. The summed E-state index contributed by atoms with van der Waals surface area (Å²) in [7, 11) is 0. The summed E-state index contributed by atoms with van der Waals surface area (Å²) in [5.41, 5.74) is 0.919. The normalized spacial score (nSPS) is 11.9. The SMILES string of the molecule is CC(C)(C)N(NC(=O)c1ccc(C(F)(F)F)cc1)C(=O)c1ccc(Cl)c(Cl)c1. The Bertz CT molecular complexity index is 892. The van der Waals surface area contributed by atoms with Crippen molar-refractivity contribution in [3.8, 4) is 0 Å². The molecule has 0 fully saturated rings. The van der Waals surface area contributed by atoms with Gasteiger partial charge in [-0.05, 0) is 63.2 Å². The third kappa shape index (κ3) is 5.17. The molecule has 28 heavy (non-hydrogen) atoms. The lowest BCUT2D eigenvalue weighted by molar-refractivity contribution is -0.137. The second kappa shape index (κ2) is 8.01. The van der Waals surface area contributed by atoms with Crippen molar-refractivity contribution in [1.82, 2.24) is 10.4 Å². The smallest absolute Gasteiger partial charge is 0.267 e. The molecule has 1 N–H and O–H groups in total.